The van der Waals surface area contributed by atoms with Crippen LogP contribution in [0.2, 0.25) is 0 Å². The predicted octanol–water partition coefficient (Wildman–Crippen LogP) is 2.71. The van der Waals surface area contributed by atoms with Crippen molar-refractivity contribution in [1.82, 2.24) is 0 Å². The highest BCUT2D eigenvalue weighted by Gasteiger charge is 2.17. The van der Waals surface area contributed by atoms with E-state index in [9.17, 15) is 14.3 Å². The number of nitrogens with one attached hydrogen (secondary N) is 1. The van der Waals surface area contributed by atoms with Crippen molar-refractivity contribution in [2.45, 2.75) is 6.10 Å². The number of halogens is 1. The van der Waals surface area contributed by atoms with Crippen molar-refractivity contribution in [2.75, 3.05) is 18.6 Å². The molecule has 2 rings (SSSR count). The molecule has 4 nitrogen and oxygen atoms in total. The average Bonchev–Trinajstić information content (AvgIpc) is 2.53. The number of benzene rings is 2. The molecular weight excluding hydrogens is 273 g/mol. The molecular formula is C16H16FNO3. The Morgan fingerprint density at radius 2 is 1.95 bits per heavy atom. The Labute approximate surface area is 122 Å². The predicted molar refractivity (Wildman–Crippen MR) is 77.9 cm³/mol. The number of hydrogen-bond acceptors (Lipinski definition) is 3. The van der Waals surface area contributed by atoms with E-state index >= 15 is 0 Å². The Morgan fingerprint density at radius 3 is 2.67 bits per heavy atom. The summed E-state index contributed by atoms with van der Waals surface area (Å²) in [6, 6.07) is 15.2. The van der Waals surface area contributed by atoms with Gasteiger partial charge < -0.3 is 15.2 Å². The molecule has 0 fully saturated rings. The number of carbonyl (C=O) groups excluding carboxylic acids is 1. The monoisotopic (exact) mass is 289 g/mol. The van der Waals surface area contributed by atoms with Gasteiger partial charge in [0.15, 0.2) is 6.10 Å². The molecule has 1 unspecified atom stereocenters. The van der Waals surface area contributed by atoms with Crippen LogP contribution in [0.4, 0.5) is 10.1 Å². The van der Waals surface area contributed by atoms with Crippen LogP contribution in [0.15, 0.2) is 54.6 Å². The van der Waals surface area contributed by atoms with Crippen LogP contribution in [0, 0.1) is 0 Å². The van der Waals surface area contributed by atoms with Crippen molar-refractivity contribution >= 4 is 11.6 Å². The number of ether oxygens (including phenoxy) is 1. The van der Waals surface area contributed by atoms with E-state index in [2.05, 4.69) is 5.32 Å². The van der Waals surface area contributed by atoms with Gasteiger partial charge in [-0.15, -0.1) is 0 Å². The molecule has 0 aromatic heterocycles. The Kier molecular flexibility index (Phi) is 5.29. The number of hydrogen-bond donors (Lipinski definition) is 2. The molecule has 110 valence electrons. The summed E-state index contributed by atoms with van der Waals surface area (Å²) in [7, 11) is 0. The van der Waals surface area contributed by atoms with Crippen molar-refractivity contribution in [2.24, 2.45) is 0 Å². The van der Waals surface area contributed by atoms with Gasteiger partial charge in [0.2, 0.25) is 0 Å². The minimum atomic E-state index is -1.25. The second-order valence-electron chi connectivity index (χ2n) is 4.37. The lowest BCUT2D eigenvalue weighted by Gasteiger charge is -2.12. The fourth-order valence-corrected chi connectivity index (χ4v) is 1.82. The van der Waals surface area contributed by atoms with Crippen LogP contribution in [0.25, 0.3) is 0 Å². The lowest BCUT2D eigenvalue weighted by Crippen LogP contribution is -2.20. The third kappa shape index (κ3) is 4.29. The molecule has 5 heteroatoms. The number of amides is 1. The van der Waals surface area contributed by atoms with Gasteiger partial charge >= 0.3 is 0 Å². The summed E-state index contributed by atoms with van der Waals surface area (Å²) < 4.78 is 17.2. The van der Waals surface area contributed by atoms with Gasteiger partial charge in [-0.05, 0) is 17.7 Å². The standard InChI is InChI=1S/C16H16FNO3/c17-9-10-21-14-8-4-7-13(11-14)18-16(20)15(19)12-5-2-1-3-6-12/h1-8,11,15,19H,9-10H2,(H,18,20). The van der Waals surface area contributed by atoms with E-state index in [4.69, 9.17) is 4.74 Å². The molecule has 0 bridgehead atoms. The number of carbonyl (C=O) groups is 1. The van der Waals surface area contributed by atoms with E-state index in [0.717, 1.165) is 0 Å². The molecule has 21 heavy (non-hydrogen) atoms. The van der Waals surface area contributed by atoms with Crippen LogP contribution in [-0.2, 0) is 4.79 Å². The molecule has 0 saturated carbocycles. The maximum Gasteiger partial charge on any atom is 0.257 e. The minimum absolute atomic E-state index is 0.0377. The van der Waals surface area contributed by atoms with Crippen molar-refractivity contribution in [3.8, 4) is 5.75 Å². The topological polar surface area (TPSA) is 58.6 Å². The quantitative estimate of drug-likeness (QED) is 0.859. The average molecular weight is 289 g/mol. The first-order valence-corrected chi connectivity index (χ1v) is 6.53. The molecule has 0 aliphatic carbocycles. The van der Waals surface area contributed by atoms with Gasteiger partial charge in [0.1, 0.15) is 19.0 Å². The lowest BCUT2D eigenvalue weighted by atomic mass is 10.1. The molecule has 0 saturated heterocycles. The Morgan fingerprint density at radius 1 is 1.19 bits per heavy atom. The number of alkyl halides is 1. The number of aliphatic hydroxyl groups excluding tert-OH is 1. The highest BCUT2D eigenvalue weighted by atomic mass is 19.1. The SMILES string of the molecule is O=C(Nc1cccc(OCCF)c1)C(O)c1ccccc1. The summed E-state index contributed by atoms with van der Waals surface area (Å²) in [5.41, 5.74) is 0.992. The summed E-state index contributed by atoms with van der Waals surface area (Å²) in [6.07, 6.45) is -1.25. The minimum Gasteiger partial charge on any atom is -0.491 e. The van der Waals surface area contributed by atoms with Crippen LogP contribution in [0.5, 0.6) is 5.75 Å². The van der Waals surface area contributed by atoms with Crippen LogP contribution >= 0.6 is 0 Å². The largest absolute Gasteiger partial charge is 0.491 e. The fraction of sp³-hybridized carbons (Fsp3) is 0.188. The summed E-state index contributed by atoms with van der Waals surface area (Å²) in [5.74, 6) is -0.0801. The molecule has 0 radical (unpaired) electrons. The van der Waals surface area contributed by atoms with Gasteiger partial charge in [-0.2, -0.15) is 0 Å². The third-order valence-electron chi connectivity index (χ3n) is 2.81. The van der Waals surface area contributed by atoms with E-state index < -0.39 is 18.7 Å². The smallest absolute Gasteiger partial charge is 0.257 e. The normalized spacial score (nSPS) is 11.7. The van der Waals surface area contributed by atoms with Gasteiger partial charge in [-0.25, -0.2) is 4.39 Å². The van der Waals surface area contributed by atoms with Crippen molar-refractivity contribution in [1.29, 1.82) is 0 Å². The Hall–Kier alpha value is -2.40. The summed E-state index contributed by atoms with van der Waals surface area (Å²) in [6.45, 7) is -0.618. The van der Waals surface area contributed by atoms with Crippen LogP contribution in [0.1, 0.15) is 11.7 Å². The first kappa shape index (κ1) is 15.0. The molecule has 1 atom stereocenters. The van der Waals surface area contributed by atoms with Crippen molar-refractivity contribution in [3.05, 3.63) is 60.2 Å². The van der Waals surface area contributed by atoms with Crippen LogP contribution in [-0.4, -0.2) is 24.3 Å². The number of aliphatic hydroxyl groups is 1. The molecule has 0 aliphatic heterocycles. The lowest BCUT2D eigenvalue weighted by molar-refractivity contribution is -0.124. The summed E-state index contributed by atoms with van der Waals surface area (Å²) >= 11 is 0. The summed E-state index contributed by atoms with van der Waals surface area (Å²) in [4.78, 5) is 12.0. The highest BCUT2D eigenvalue weighted by molar-refractivity contribution is 5.94. The van der Waals surface area contributed by atoms with E-state index in [0.29, 0.717) is 17.0 Å². The van der Waals surface area contributed by atoms with E-state index in [1.807, 2.05) is 0 Å². The van der Waals surface area contributed by atoms with E-state index in [-0.39, 0.29) is 6.61 Å². The first-order chi connectivity index (χ1) is 10.2. The molecule has 2 aromatic carbocycles. The molecule has 2 N–H and O–H groups in total. The first-order valence-electron chi connectivity index (χ1n) is 6.53. The number of rotatable bonds is 6. The molecule has 0 spiro atoms. The maximum absolute atomic E-state index is 12.1. The second kappa shape index (κ2) is 7.40. The second-order valence-corrected chi connectivity index (χ2v) is 4.37. The van der Waals surface area contributed by atoms with Crippen LogP contribution in [0.3, 0.4) is 0 Å². The van der Waals surface area contributed by atoms with Crippen molar-refractivity contribution in [3.63, 3.8) is 0 Å². The summed E-state index contributed by atoms with van der Waals surface area (Å²) in [5, 5.41) is 12.6. The third-order valence-corrected chi connectivity index (χ3v) is 2.81. The zero-order valence-electron chi connectivity index (χ0n) is 11.3. The molecule has 0 heterocycles. The van der Waals surface area contributed by atoms with E-state index in [1.165, 1.54) is 0 Å². The highest BCUT2D eigenvalue weighted by Crippen LogP contribution is 2.20. The van der Waals surface area contributed by atoms with Gasteiger partial charge in [0.05, 0.1) is 0 Å². The zero-order chi connectivity index (χ0) is 15.1. The van der Waals surface area contributed by atoms with Gasteiger partial charge in [-0.3, -0.25) is 4.79 Å². The Bertz CT molecular complexity index is 589. The maximum atomic E-state index is 12.1. The number of anilines is 1. The van der Waals surface area contributed by atoms with E-state index in [1.54, 1.807) is 54.6 Å². The zero-order valence-corrected chi connectivity index (χ0v) is 11.3. The van der Waals surface area contributed by atoms with Gasteiger partial charge in [0.25, 0.3) is 5.91 Å². The Balaban J connectivity index is 2.02. The van der Waals surface area contributed by atoms with Crippen LogP contribution < -0.4 is 10.1 Å². The molecule has 1 amide bonds. The molecule has 2 aromatic rings. The van der Waals surface area contributed by atoms with Gasteiger partial charge in [-0.1, -0.05) is 36.4 Å². The van der Waals surface area contributed by atoms with Crippen molar-refractivity contribution < 1.29 is 19.0 Å². The fourth-order valence-electron chi connectivity index (χ4n) is 1.82. The van der Waals surface area contributed by atoms with Gasteiger partial charge in [0, 0.05) is 11.8 Å². The molecule has 0 aliphatic rings.